The molecule has 0 spiro atoms. The summed E-state index contributed by atoms with van der Waals surface area (Å²) in [5, 5.41) is 0.410. The van der Waals surface area contributed by atoms with E-state index in [1.54, 1.807) is 6.20 Å². The quantitative estimate of drug-likeness (QED) is 0.352. The summed E-state index contributed by atoms with van der Waals surface area (Å²) in [6, 6.07) is 3.30. The average Bonchev–Trinajstić information content (AvgIpc) is 2.69. The van der Waals surface area contributed by atoms with Crippen LogP contribution >= 0.6 is 23.2 Å². The zero-order chi connectivity index (χ0) is 24.7. The smallest absolute Gasteiger partial charge is 0.334 e. The topological polar surface area (TPSA) is 89.9 Å². The number of H-pyrrole nitrogens is 1. The van der Waals surface area contributed by atoms with Gasteiger partial charge in [0.2, 0.25) is 0 Å². The van der Waals surface area contributed by atoms with E-state index in [9.17, 15) is 9.59 Å². The van der Waals surface area contributed by atoms with E-state index in [1.165, 1.54) is 10.6 Å². The molecule has 10 heteroatoms. The van der Waals surface area contributed by atoms with Crippen molar-refractivity contribution in [2.75, 3.05) is 6.61 Å². The van der Waals surface area contributed by atoms with Crippen molar-refractivity contribution in [3.63, 3.8) is 0 Å². The molecule has 178 valence electrons. The average molecular weight is 510 g/mol. The summed E-state index contributed by atoms with van der Waals surface area (Å²) >= 11 is 12.3. The summed E-state index contributed by atoms with van der Waals surface area (Å²) in [5.41, 5.74) is 1.12. The maximum absolute atomic E-state index is 13.1. The van der Waals surface area contributed by atoms with Gasteiger partial charge < -0.3 is 4.43 Å². The second-order valence-corrected chi connectivity index (χ2v) is 15.5. The molecule has 0 aromatic carbocycles. The van der Waals surface area contributed by atoms with Crippen molar-refractivity contribution in [2.24, 2.45) is 0 Å². The van der Waals surface area contributed by atoms with Gasteiger partial charge in [0.05, 0.1) is 21.8 Å². The van der Waals surface area contributed by atoms with E-state index >= 15 is 0 Å². The summed E-state index contributed by atoms with van der Waals surface area (Å²) < 4.78 is 7.76. The van der Waals surface area contributed by atoms with Gasteiger partial charge >= 0.3 is 5.69 Å². The first-order chi connectivity index (χ1) is 15.2. The highest BCUT2D eigenvalue weighted by atomic mass is 35.5. The van der Waals surface area contributed by atoms with Crippen molar-refractivity contribution in [3.8, 4) is 5.69 Å². The Morgan fingerprint density at radius 1 is 1.21 bits per heavy atom. The van der Waals surface area contributed by atoms with Crippen LogP contribution in [0.4, 0.5) is 0 Å². The molecule has 0 aliphatic heterocycles. The standard InChI is InChI=1S/C23H30Cl2N4O3Si/c1-13(2)17-18(14(8-10-26-17)9-11-32-33(6,7)23(3,4)5)29-20-15(21(30)28-22(29)31)12-16(24)19(25)27-20/h8,10,12-13H,9,11H2,1-7H3,(H,28,30,31). The van der Waals surface area contributed by atoms with Crippen LogP contribution in [-0.4, -0.2) is 34.4 Å². The van der Waals surface area contributed by atoms with Crippen molar-refractivity contribution in [3.05, 3.63) is 60.6 Å². The lowest BCUT2D eigenvalue weighted by Gasteiger charge is -2.36. The Balaban J connectivity index is 2.22. The Labute approximate surface area is 204 Å². The van der Waals surface area contributed by atoms with E-state index in [0.717, 1.165) is 5.56 Å². The number of aromatic amines is 1. The van der Waals surface area contributed by atoms with Crippen LogP contribution < -0.4 is 11.2 Å². The summed E-state index contributed by atoms with van der Waals surface area (Å²) in [6.45, 7) is 15.5. The largest absolute Gasteiger partial charge is 0.416 e. The number of rotatable bonds is 6. The molecule has 0 fully saturated rings. The Bertz CT molecular complexity index is 1310. The van der Waals surface area contributed by atoms with E-state index in [4.69, 9.17) is 27.6 Å². The highest BCUT2D eigenvalue weighted by Crippen LogP contribution is 2.37. The van der Waals surface area contributed by atoms with Gasteiger partial charge in [-0.2, -0.15) is 0 Å². The normalized spacial score (nSPS) is 12.7. The number of fused-ring (bicyclic) bond motifs is 1. The van der Waals surface area contributed by atoms with Gasteiger partial charge in [0.1, 0.15) is 5.15 Å². The molecule has 0 atom stereocenters. The fourth-order valence-electron chi connectivity index (χ4n) is 3.35. The van der Waals surface area contributed by atoms with E-state index in [0.29, 0.717) is 24.4 Å². The van der Waals surface area contributed by atoms with Gasteiger partial charge in [0, 0.05) is 12.8 Å². The maximum Gasteiger partial charge on any atom is 0.334 e. The first-order valence-corrected chi connectivity index (χ1v) is 14.5. The van der Waals surface area contributed by atoms with Crippen molar-refractivity contribution in [1.82, 2.24) is 19.5 Å². The summed E-state index contributed by atoms with van der Waals surface area (Å²) in [5.74, 6) is 0.0120. The van der Waals surface area contributed by atoms with Crippen LogP contribution in [0.1, 0.15) is 51.8 Å². The van der Waals surface area contributed by atoms with Crippen LogP contribution in [0, 0.1) is 0 Å². The molecule has 3 rings (SSSR count). The molecule has 3 aromatic rings. The molecule has 0 aliphatic rings. The minimum absolute atomic E-state index is 0.0120. The molecule has 0 bridgehead atoms. The highest BCUT2D eigenvalue weighted by molar-refractivity contribution is 6.74. The number of halogens is 2. The van der Waals surface area contributed by atoms with Gasteiger partial charge in [0.25, 0.3) is 5.56 Å². The first kappa shape index (κ1) is 25.6. The van der Waals surface area contributed by atoms with Gasteiger partial charge in [-0.15, -0.1) is 0 Å². The first-order valence-electron chi connectivity index (χ1n) is 10.9. The monoisotopic (exact) mass is 508 g/mol. The van der Waals surface area contributed by atoms with Crippen LogP contribution in [0.25, 0.3) is 16.7 Å². The fraction of sp³-hybridized carbons (Fsp3) is 0.478. The minimum Gasteiger partial charge on any atom is -0.416 e. The minimum atomic E-state index is -1.94. The summed E-state index contributed by atoms with van der Waals surface area (Å²) in [6.07, 6.45) is 2.30. The number of pyridine rings is 2. The number of hydrogen-bond acceptors (Lipinski definition) is 5. The van der Waals surface area contributed by atoms with Gasteiger partial charge in [-0.05, 0) is 48.2 Å². The third-order valence-electron chi connectivity index (χ3n) is 6.24. The molecule has 0 radical (unpaired) electrons. The predicted molar refractivity (Wildman–Crippen MR) is 137 cm³/mol. The third-order valence-corrected chi connectivity index (χ3v) is 11.5. The fourth-order valence-corrected chi connectivity index (χ4v) is 4.68. The van der Waals surface area contributed by atoms with E-state index in [-0.39, 0.29) is 32.2 Å². The lowest BCUT2D eigenvalue weighted by molar-refractivity contribution is 0.292. The molecule has 0 amide bonds. The molecule has 0 unspecified atom stereocenters. The van der Waals surface area contributed by atoms with Crippen molar-refractivity contribution in [1.29, 1.82) is 0 Å². The van der Waals surface area contributed by atoms with Crippen molar-refractivity contribution >= 4 is 42.6 Å². The summed E-state index contributed by atoms with van der Waals surface area (Å²) in [7, 11) is -1.94. The maximum atomic E-state index is 13.1. The molecule has 3 heterocycles. The van der Waals surface area contributed by atoms with E-state index in [2.05, 4.69) is 48.8 Å². The number of aromatic nitrogens is 4. The number of nitrogens with zero attached hydrogens (tertiary/aromatic N) is 3. The molecular weight excluding hydrogens is 479 g/mol. The van der Waals surface area contributed by atoms with Crippen molar-refractivity contribution < 1.29 is 4.43 Å². The highest BCUT2D eigenvalue weighted by Gasteiger charge is 2.37. The molecule has 0 saturated carbocycles. The Morgan fingerprint density at radius 2 is 1.88 bits per heavy atom. The lowest BCUT2D eigenvalue weighted by Crippen LogP contribution is -2.41. The van der Waals surface area contributed by atoms with E-state index in [1.807, 2.05) is 19.9 Å². The van der Waals surface area contributed by atoms with Crippen LogP contribution in [0.5, 0.6) is 0 Å². The predicted octanol–water partition coefficient (Wildman–Crippen LogP) is 5.46. The van der Waals surface area contributed by atoms with Crippen LogP contribution in [0.15, 0.2) is 27.9 Å². The third kappa shape index (κ3) is 5.09. The second-order valence-electron chi connectivity index (χ2n) is 9.94. The molecule has 1 N–H and O–H groups in total. The van der Waals surface area contributed by atoms with Crippen LogP contribution in [-0.2, 0) is 10.8 Å². The SMILES string of the molecule is CC(C)c1nccc(CCO[Si](C)(C)C(C)(C)C)c1-n1c(=O)[nH]c(=O)c2cc(Cl)c(Cl)nc21. The van der Waals surface area contributed by atoms with Crippen LogP contribution in [0.2, 0.25) is 28.3 Å². The molecule has 7 nitrogen and oxygen atoms in total. The lowest BCUT2D eigenvalue weighted by atomic mass is 10.0. The molecular formula is C23H30Cl2N4O3Si. The second kappa shape index (κ2) is 9.33. The zero-order valence-electron chi connectivity index (χ0n) is 20.0. The molecule has 0 saturated heterocycles. The van der Waals surface area contributed by atoms with Crippen LogP contribution in [0.3, 0.4) is 0 Å². The van der Waals surface area contributed by atoms with Gasteiger partial charge in [0.15, 0.2) is 14.0 Å². The number of nitrogens with one attached hydrogen (secondary N) is 1. The van der Waals surface area contributed by atoms with Gasteiger partial charge in [-0.3, -0.25) is 14.8 Å². The van der Waals surface area contributed by atoms with Gasteiger partial charge in [-0.1, -0.05) is 57.8 Å². The molecule has 0 aliphatic carbocycles. The Kier molecular flexibility index (Phi) is 7.24. The summed E-state index contributed by atoms with van der Waals surface area (Å²) in [4.78, 5) is 36.8. The Hall–Kier alpha value is -2.00. The molecule has 33 heavy (non-hydrogen) atoms. The number of hydrogen-bond donors (Lipinski definition) is 1. The van der Waals surface area contributed by atoms with E-state index < -0.39 is 19.6 Å². The van der Waals surface area contributed by atoms with Crippen molar-refractivity contribution in [2.45, 2.75) is 65.1 Å². The Morgan fingerprint density at radius 3 is 2.48 bits per heavy atom. The molecule has 3 aromatic heterocycles. The van der Waals surface area contributed by atoms with Gasteiger partial charge in [-0.25, -0.2) is 14.3 Å². The zero-order valence-corrected chi connectivity index (χ0v) is 22.6.